The van der Waals surface area contributed by atoms with Gasteiger partial charge in [-0.2, -0.15) is 0 Å². The van der Waals surface area contributed by atoms with Crippen LogP contribution in [0.4, 0.5) is 10.1 Å². The first-order valence-electron chi connectivity index (χ1n) is 6.61. The van der Waals surface area contributed by atoms with E-state index in [9.17, 15) is 14.0 Å². The van der Waals surface area contributed by atoms with Gasteiger partial charge in [-0.15, -0.1) is 0 Å². The second-order valence-corrected chi connectivity index (χ2v) is 5.18. The van der Waals surface area contributed by atoms with Gasteiger partial charge in [0.1, 0.15) is 5.82 Å². The Morgan fingerprint density at radius 1 is 1.45 bits per heavy atom. The fourth-order valence-corrected chi connectivity index (χ4v) is 2.33. The fraction of sp³-hybridized carbons (Fsp3) is 0.429. The highest BCUT2D eigenvalue weighted by Crippen LogP contribution is 2.18. The minimum absolute atomic E-state index is 0.182. The minimum Gasteiger partial charge on any atom is -0.366 e. The predicted octanol–water partition coefficient (Wildman–Crippen LogP) is 1.25. The van der Waals surface area contributed by atoms with Crippen LogP contribution >= 0.6 is 0 Å². The van der Waals surface area contributed by atoms with E-state index >= 15 is 0 Å². The molecule has 0 spiro atoms. The van der Waals surface area contributed by atoms with Gasteiger partial charge in [0.05, 0.1) is 11.6 Å². The first-order valence-corrected chi connectivity index (χ1v) is 6.61. The van der Waals surface area contributed by atoms with Gasteiger partial charge in [-0.05, 0) is 43.5 Å². The van der Waals surface area contributed by atoms with Crippen LogP contribution in [-0.4, -0.2) is 24.4 Å². The summed E-state index contributed by atoms with van der Waals surface area (Å²) in [5.74, 6) is -1.25. The van der Waals surface area contributed by atoms with Crippen LogP contribution in [0.1, 0.15) is 30.1 Å². The smallest absolute Gasteiger partial charge is 0.251 e. The molecule has 0 radical (unpaired) electrons. The van der Waals surface area contributed by atoms with Crippen LogP contribution in [0.3, 0.4) is 0 Å². The number of primary amides is 1. The Morgan fingerprint density at radius 3 is 2.85 bits per heavy atom. The Kier molecular flexibility index (Phi) is 4.34. The Labute approximate surface area is 116 Å². The van der Waals surface area contributed by atoms with Crippen LogP contribution in [0.15, 0.2) is 18.2 Å². The molecule has 0 saturated carbocycles. The average molecular weight is 279 g/mol. The van der Waals surface area contributed by atoms with Crippen LogP contribution < -0.4 is 16.4 Å². The number of benzene rings is 1. The summed E-state index contributed by atoms with van der Waals surface area (Å²) in [6.07, 6.45) is 1.81. The minimum atomic E-state index is -0.858. The number of nitrogens with two attached hydrogens (primary N) is 1. The van der Waals surface area contributed by atoms with Crippen molar-refractivity contribution in [1.82, 2.24) is 5.32 Å². The number of carbonyl (C=O) groups is 2. The van der Waals surface area contributed by atoms with Gasteiger partial charge in [-0.3, -0.25) is 9.59 Å². The van der Waals surface area contributed by atoms with Gasteiger partial charge in [-0.1, -0.05) is 6.92 Å². The first kappa shape index (κ1) is 14.5. The normalized spacial score (nSPS) is 22.3. The van der Waals surface area contributed by atoms with E-state index in [-0.39, 0.29) is 17.5 Å². The van der Waals surface area contributed by atoms with Crippen molar-refractivity contribution in [3.8, 4) is 0 Å². The molecular formula is C14H18FN3O2. The highest BCUT2D eigenvalue weighted by molar-refractivity contribution is 5.98. The molecule has 108 valence electrons. The topological polar surface area (TPSA) is 84.2 Å². The SMILES string of the molecule is CC1CCNC(C(=O)Nc2ccc(F)c(C(N)=O)c2)C1. The number of hydrogen-bond acceptors (Lipinski definition) is 3. The molecule has 2 unspecified atom stereocenters. The summed E-state index contributed by atoms with van der Waals surface area (Å²) in [5, 5.41) is 5.82. The van der Waals surface area contributed by atoms with Crippen molar-refractivity contribution >= 4 is 17.5 Å². The van der Waals surface area contributed by atoms with Gasteiger partial charge in [0, 0.05) is 5.69 Å². The molecule has 1 heterocycles. The first-order chi connectivity index (χ1) is 9.47. The quantitative estimate of drug-likeness (QED) is 0.778. The maximum absolute atomic E-state index is 13.3. The molecule has 1 aliphatic heterocycles. The third-order valence-corrected chi connectivity index (χ3v) is 3.48. The van der Waals surface area contributed by atoms with Crippen LogP contribution in [0, 0.1) is 11.7 Å². The van der Waals surface area contributed by atoms with Gasteiger partial charge in [0.15, 0.2) is 0 Å². The summed E-state index contributed by atoms with van der Waals surface area (Å²) >= 11 is 0. The highest BCUT2D eigenvalue weighted by Gasteiger charge is 2.24. The van der Waals surface area contributed by atoms with Crippen molar-refractivity contribution in [3.05, 3.63) is 29.6 Å². The zero-order chi connectivity index (χ0) is 14.7. The number of hydrogen-bond donors (Lipinski definition) is 3. The molecule has 1 fully saturated rings. The maximum atomic E-state index is 13.3. The lowest BCUT2D eigenvalue weighted by Gasteiger charge is -2.27. The highest BCUT2D eigenvalue weighted by atomic mass is 19.1. The van der Waals surface area contributed by atoms with E-state index in [1.165, 1.54) is 12.1 Å². The largest absolute Gasteiger partial charge is 0.366 e. The molecule has 1 aliphatic rings. The van der Waals surface area contributed by atoms with E-state index in [0.717, 1.165) is 25.5 Å². The van der Waals surface area contributed by atoms with Crippen LogP contribution in [0.25, 0.3) is 0 Å². The standard InChI is InChI=1S/C14H18FN3O2/c1-8-4-5-17-12(6-8)14(20)18-9-2-3-11(15)10(7-9)13(16)19/h2-3,7-8,12,17H,4-6H2,1H3,(H2,16,19)(H,18,20). The molecule has 2 rings (SSSR count). The molecule has 1 saturated heterocycles. The van der Waals surface area contributed by atoms with E-state index in [0.29, 0.717) is 11.6 Å². The van der Waals surface area contributed by atoms with Gasteiger partial charge in [0.25, 0.3) is 5.91 Å². The predicted molar refractivity (Wildman–Crippen MR) is 73.7 cm³/mol. The van der Waals surface area contributed by atoms with E-state index < -0.39 is 11.7 Å². The number of carbonyl (C=O) groups excluding carboxylic acids is 2. The second-order valence-electron chi connectivity index (χ2n) is 5.18. The van der Waals surface area contributed by atoms with E-state index in [1.807, 2.05) is 0 Å². The summed E-state index contributed by atoms with van der Waals surface area (Å²) in [7, 11) is 0. The van der Waals surface area contributed by atoms with Crippen LogP contribution in [-0.2, 0) is 4.79 Å². The van der Waals surface area contributed by atoms with Gasteiger partial charge in [-0.25, -0.2) is 4.39 Å². The number of anilines is 1. The Bertz CT molecular complexity index is 533. The zero-order valence-electron chi connectivity index (χ0n) is 11.3. The Hall–Kier alpha value is -1.95. The summed E-state index contributed by atoms with van der Waals surface area (Å²) in [4.78, 5) is 23.2. The van der Waals surface area contributed by atoms with Gasteiger partial charge >= 0.3 is 0 Å². The lowest BCUT2D eigenvalue weighted by atomic mass is 9.94. The molecule has 2 amide bonds. The van der Waals surface area contributed by atoms with E-state index in [4.69, 9.17) is 5.73 Å². The molecule has 0 aromatic heterocycles. The van der Waals surface area contributed by atoms with Crippen molar-refractivity contribution in [2.45, 2.75) is 25.8 Å². The summed E-state index contributed by atoms with van der Waals surface area (Å²) < 4.78 is 13.3. The summed E-state index contributed by atoms with van der Waals surface area (Å²) in [6.45, 7) is 2.90. The lowest BCUT2D eigenvalue weighted by molar-refractivity contribution is -0.119. The van der Waals surface area contributed by atoms with Gasteiger partial charge in [0.2, 0.25) is 5.91 Å². The summed E-state index contributed by atoms with van der Waals surface area (Å²) in [5.41, 5.74) is 5.21. The zero-order valence-corrected chi connectivity index (χ0v) is 11.3. The molecule has 6 heteroatoms. The van der Waals surface area contributed by atoms with Crippen molar-refractivity contribution in [2.75, 3.05) is 11.9 Å². The number of piperidine rings is 1. The third kappa shape index (κ3) is 3.33. The Morgan fingerprint density at radius 2 is 2.20 bits per heavy atom. The molecule has 1 aromatic carbocycles. The average Bonchev–Trinajstić information content (AvgIpc) is 2.40. The molecule has 20 heavy (non-hydrogen) atoms. The molecule has 0 aliphatic carbocycles. The molecule has 2 atom stereocenters. The van der Waals surface area contributed by atoms with Crippen LogP contribution in [0.2, 0.25) is 0 Å². The lowest BCUT2D eigenvalue weighted by Crippen LogP contribution is -2.45. The molecular weight excluding hydrogens is 261 g/mol. The number of rotatable bonds is 3. The molecule has 1 aromatic rings. The van der Waals surface area contributed by atoms with Crippen molar-refractivity contribution in [1.29, 1.82) is 0 Å². The molecule has 5 nitrogen and oxygen atoms in total. The van der Waals surface area contributed by atoms with Crippen molar-refractivity contribution in [3.63, 3.8) is 0 Å². The van der Waals surface area contributed by atoms with Crippen molar-refractivity contribution in [2.24, 2.45) is 11.7 Å². The van der Waals surface area contributed by atoms with E-state index in [2.05, 4.69) is 17.6 Å². The van der Waals surface area contributed by atoms with Crippen LogP contribution in [0.5, 0.6) is 0 Å². The fourth-order valence-electron chi connectivity index (χ4n) is 2.33. The monoisotopic (exact) mass is 279 g/mol. The van der Waals surface area contributed by atoms with Crippen molar-refractivity contribution < 1.29 is 14.0 Å². The Balaban J connectivity index is 2.07. The number of nitrogens with one attached hydrogen (secondary N) is 2. The molecule has 0 bridgehead atoms. The van der Waals surface area contributed by atoms with E-state index in [1.54, 1.807) is 0 Å². The second kappa shape index (κ2) is 6.00. The maximum Gasteiger partial charge on any atom is 0.251 e. The van der Waals surface area contributed by atoms with Gasteiger partial charge < -0.3 is 16.4 Å². The number of amides is 2. The molecule has 4 N–H and O–H groups in total. The number of halogens is 1. The third-order valence-electron chi connectivity index (χ3n) is 3.48. The summed E-state index contributed by atoms with van der Waals surface area (Å²) in [6, 6.07) is 3.52.